The molecule has 19 heavy (non-hydrogen) atoms. The van der Waals surface area contributed by atoms with Gasteiger partial charge in [-0.25, -0.2) is 0 Å². The van der Waals surface area contributed by atoms with Gasteiger partial charge in [0.25, 0.3) is 0 Å². The van der Waals surface area contributed by atoms with E-state index < -0.39 is 0 Å². The molecule has 3 rings (SSSR count). The number of rotatable bonds is 2. The zero-order valence-electron chi connectivity index (χ0n) is 11.5. The molecular weight excluding hydrogens is 234 g/mol. The van der Waals surface area contributed by atoms with Crippen LogP contribution in [0.25, 0.3) is 10.9 Å². The summed E-state index contributed by atoms with van der Waals surface area (Å²) in [6.45, 7) is 6.70. The Morgan fingerprint density at radius 2 is 2.16 bits per heavy atom. The summed E-state index contributed by atoms with van der Waals surface area (Å²) in [5, 5.41) is 4.76. The van der Waals surface area contributed by atoms with Gasteiger partial charge in [0, 0.05) is 37.3 Å². The zero-order valence-corrected chi connectivity index (χ0v) is 11.5. The Morgan fingerprint density at radius 1 is 1.26 bits per heavy atom. The van der Waals surface area contributed by atoms with Gasteiger partial charge >= 0.3 is 0 Å². The molecule has 0 radical (unpaired) electrons. The van der Waals surface area contributed by atoms with E-state index in [4.69, 9.17) is 0 Å². The van der Waals surface area contributed by atoms with Crippen molar-refractivity contribution in [2.45, 2.75) is 25.9 Å². The van der Waals surface area contributed by atoms with Crippen molar-refractivity contribution in [3.63, 3.8) is 0 Å². The first-order chi connectivity index (χ1) is 9.34. The van der Waals surface area contributed by atoms with Crippen molar-refractivity contribution in [1.82, 2.24) is 15.2 Å². The Morgan fingerprint density at radius 3 is 3.11 bits per heavy atom. The van der Waals surface area contributed by atoms with E-state index in [0.29, 0.717) is 6.04 Å². The molecule has 0 saturated carbocycles. The fraction of sp³-hybridized carbons (Fsp3) is 0.438. The van der Waals surface area contributed by atoms with E-state index >= 15 is 0 Å². The monoisotopic (exact) mass is 255 g/mol. The lowest BCUT2D eigenvalue weighted by molar-refractivity contribution is 0.212. The van der Waals surface area contributed by atoms with Crippen LogP contribution in [0, 0.1) is 0 Å². The SMILES string of the molecule is CC1CCNCCN1Cc1ccnc2ccccc12. The Hall–Kier alpha value is -1.45. The van der Waals surface area contributed by atoms with Crippen LogP contribution in [0.4, 0.5) is 0 Å². The van der Waals surface area contributed by atoms with Gasteiger partial charge in [-0.1, -0.05) is 18.2 Å². The van der Waals surface area contributed by atoms with E-state index in [2.05, 4.69) is 52.5 Å². The summed E-state index contributed by atoms with van der Waals surface area (Å²) < 4.78 is 0. The van der Waals surface area contributed by atoms with E-state index in [0.717, 1.165) is 31.7 Å². The van der Waals surface area contributed by atoms with Gasteiger partial charge in [0.1, 0.15) is 0 Å². The minimum absolute atomic E-state index is 0.641. The summed E-state index contributed by atoms with van der Waals surface area (Å²) in [6, 6.07) is 11.2. The second kappa shape index (κ2) is 5.68. The van der Waals surface area contributed by atoms with Gasteiger partial charge in [0.05, 0.1) is 5.52 Å². The minimum atomic E-state index is 0.641. The third-order valence-electron chi connectivity index (χ3n) is 4.05. The normalized spacial score (nSPS) is 21.4. The van der Waals surface area contributed by atoms with Crippen molar-refractivity contribution in [2.75, 3.05) is 19.6 Å². The number of para-hydroxylation sites is 1. The molecule has 1 fully saturated rings. The molecule has 1 aromatic carbocycles. The second-order valence-electron chi connectivity index (χ2n) is 5.35. The van der Waals surface area contributed by atoms with Gasteiger partial charge in [-0.3, -0.25) is 9.88 Å². The largest absolute Gasteiger partial charge is 0.315 e. The fourth-order valence-electron chi connectivity index (χ4n) is 2.81. The summed E-state index contributed by atoms with van der Waals surface area (Å²) in [5.74, 6) is 0. The maximum Gasteiger partial charge on any atom is 0.0705 e. The van der Waals surface area contributed by atoms with Gasteiger partial charge in [-0.2, -0.15) is 0 Å². The van der Waals surface area contributed by atoms with Crippen LogP contribution in [0.1, 0.15) is 18.9 Å². The summed E-state index contributed by atoms with van der Waals surface area (Å²) in [6.07, 6.45) is 3.15. The molecule has 100 valence electrons. The van der Waals surface area contributed by atoms with E-state index in [1.165, 1.54) is 17.4 Å². The Balaban J connectivity index is 1.88. The standard InChI is InChI=1S/C16H21N3/c1-13-6-8-17-10-11-19(13)12-14-7-9-18-16-5-3-2-4-15(14)16/h2-5,7,9,13,17H,6,8,10-12H2,1H3. The predicted molar refractivity (Wildman–Crippen MR) is 79.1 cm³/mol. The van der Waals surface area contributed by atoms with Crippen molar-refractivity contribution < 1.29 is 0 Å². The van der Waals surface area contributed by atoms with Gasteiger partial charge in [-0.15, -0.1) is 0 Å². The van der Waals surface area contributed by atoms with E-state index in [1.807, 2.05) is 6.20 Å². The van der Waals surface area contributed by atoms with Gasteiger partial charge in [0.2, 0.25) is 0 Å². The number of pyridine rings is 1. The molecule has 3 nitrogen and oxygen atoms in total. The first-order valence-electron chi connectivity index (χ1n) is 7.12. The maximum absolute atomic E-state index is 4.44. The molecule has 1 aliphatic heterocycles. The molecule has 0 amide bonds. The molecule has 0 aliphatic carbocycles. The highest BCUT2D eigenvalue weighted by atomic mass is 15.2. The zero-order chi connectivity index (χ0) is 13.1. The molecule has 2 heterocycles. The molecule has 1 unspecified atom stereocenters. The number of hydrogen-bond donors (Lipinski definition) is 1. The lowest BCUT2D eigenvalue weighted by Crippen LogP contribution is -2.33. The van der Waals surface area contributed by atoms with Crippen LogP contribution < -0.4 is 5.32 Å². The number of aromatic nitrogens is 1. The van der Waals surface area contributed by atoms with Gasteiger partial charge < -0.3 is 5.32 Å². The van der Waals surface area contributed by atoms with Crippen LogP contribution in [0.3, 0.4) is 0 Å². The molecule has 1 saturated heterocycles. The molecule has 1 aromatic heterocycles. The van der Waals surface area contributed by atoms with Crippen LogP contribution >= 0.6 is 0 Å². The van der Waals surface area contributed by atoms with Crippen LogP contribution in [0.5, 0.6) is 0 Å². The second-order valence-corrected chi connectivity index (χ2v) is 5.35. The van der Waals surface area contributed by atoms with Crippen LogP contribution in [0.2, 0.25) is 0 Å². The highest BCUT2D eigenvalue weighted by Crippen LogP contribution is 2.19. The van der Waals surface area contributed by atoms with Crippen molar-refractivity contribution in [3.8, 4) is 0 Å². The predicted octanol–water partition coefficient (Wildman–Crippen LogP) is 2.42. The molecule has 0 spiro atoms. The quantitative estimate of drug-likeness (QED) is 0.893. The fourth-order valence-corrected chi connectivity index (χ4v) is 2.81. The van der Waals surface area contributed by atoms with Crippen molar-refractivity contribution >= 4 is 10.9 Å². The lowest BCUT2D eigenvalue weighted by atomic mass is 10.1. The molecule has 2 aromatic rings. The Labute approximate surface area is 114 Å². The van der Waals surface area contributed by atoms with Gasteiger partial charge in [-0.05, 0) is 37.6 Å². The highest BCUT2D eigenvalue weighted by Gasteiger charge is 2.17. The summed E-state index contributed by atoms with van der Waals surface area (Å²) in [4.78, 5) is 7.01. The number of fused-ring (bicyclic) bond motifs is 1. The smallest absolute Gasteiger partial charge is 0.0705 e. The molecule has 1 aliphatic rings. The Kier molecular flexibility index (Phi) is 3.76. The average Bonchev–Trinajstić information content (AvgIpc) is 2.65. The molecular formula is C16H21N3. The maximum atomic E-state index is 4.44. The van der Waals surface area contributed by atoms with E-state index in [-0.39, 0.29) is 0 Å². The number of nitrogens with one attached hydrogen (secondary N) is 1. The summed E-state index contributed by atoms with van der Waals surface area (Å²) in [5.41, 5.74) is 2.49. The summed E-state index contributed by atoms with van der Waals surface area (Å²) >= 11 is 0. The van der Waals surface area contributed by atoms with Crippen LogP contribution in [-0.2, 0) is 6.54 Å². The first kappa shape index (κ1) is 12.6. The summed E-state index contributed by atoms with van der Waals surface area (Å²) in [7, 11) is 0. The van der Waals surface area contributed by atoms with Crippen LogP contribution in [-0.4, -0.2) is 35.6 Å². The molecule has 3 heteroatoms. The van der Waals surface area contributed by atoms with Gasteiger partial charge in [0.15, 0.2) is 0 Å². The van der Waals surface area contributed by atoms with E-state index in [1.54, 1.807) is 0 Å². The number of benzene rings is 1. The number of nitrogens with zero attached hydrogens (tertiary/aromatic N) is 2. The minimum Gasteiger partial charge on any atom is -0.315 e. The topological polar surface area (TPSA) is 28.2 Å². The molecule has 1 atom stereocenters. The van der Waals surface area contributed by atoms with Crippen molar-refractivity contribution in [1.29, 1.82) is 0 Å². The molecule has 1 N–H and O–H groups in total. The number of hydrogen-bond acceptors (Lipinski definition) is 3. The lowest BCUT2D eigenvalue weighted by Gasteiger charge is -2.26. The third-order valence-corrected chi connectivity index (χ3v) is 4.05. The highest BCUT2D eigenvalue weighted by molar-refractivity contribution is 5.81. The van der Waals surface area contributed by atoms with Crippen molar-refractivity contribution in [3.05, 3.63) is 42.1 Å². The third kappa shape index (κ3) is 2.77. The Bertz CT molecular complexity index is 547. The first-order valence-corrected chi connectivity index (χ1v) is 7.12. The van der Waals surface area contributed by atoms with Crippen molar-refractivity contribution in [2.24, 2.45) is 0 Å². The van der Waals surface area contributed by atoms with Crippen LogP contribution in [0.15, 0.2) is 36.5 Å². The molecule has 0 bridgehead atoms. The van der Waals surface area contributed by atoms with E-state index in [9.17, 15) is 0 Å². The average molecular weight is 255 g/mol.